The molecule has 0 bridgehead atoms. The van der Waals surface area contributed by atoms with Crippen molar-refractivity contribution in [2.24, 2.45) is 5.92 Å². The summed E-state index contributed by atoms with van der Waals surface area (Å²) in [6, 6.07) is 3.18. The first-order valence-corrected chi connectivity index (χ1v) is 7.60. The van der Waals surface area contributed by atoms with Gasteiger partial charge in [-0.15, -0.1) is 12.4 Å². The van der Waals surface area contributed by atoms with Crippen molar-refractivity contribution in [1.29, 1.82) is 0 Å². The Morgan fingerprint density at radius 3 is 2.92 bits per heavy atom. The van der Waals surface area contributed by atoms with Crippen LogP contribution in [0.15, 0.2) is 18.2 Å². The summed E-state index contributed by atoms with van der Waals surface area (Å²) in [5, 5.41) is 16.6. The number of nitrogens with one attached hydrogen (secondary N) is 2. The number of piperidine rings is 1. The minimum absolute atomic E-state index is 0. The number of nitrogens with zero attached hydrogens (tertiary/aromatic N) is 1. The van der Waals surface area contributed by atoms with E-state index in [1.165, 1.54) is 12.5 Å². The molecule has 1 aliphatic rings. The third-order valence-electron chi connectivity index (χ3n) is 3.76. The second kappa shape index (κ2) is 10.0. The number of carbonyl (C=O) groups excluding carboxylic acids is 1. The number of amides is 1. The van der Waals surface area contributed by atoms with Crippen LogP contribution in [0.25, 0.3) is 0 Å². The van der Waals surface area contributed by atoms with Crippen LogP contribution in [0, 0.1) is 21.8 Å². The normalized spacial score (nSPS) is 16.8. The smallest absolute Gasteiger partial charge is 0.305 e. The van der Waals surface area contributed by atoms with Crippen molar-refractivity contribution < 1.29 is 18.8 Å². The maximum absolute atomic E-state index is 13.4. The van der Waals surface area contributed by atoms with Crippen molar-refractivity contribution in [2.75, 3.05) is 26.2 Å². The number of ether oxygens (including phenoxy) is 1. The highest BCUT2D eigenvalue weighted by atomic mass is 35.5. The molecule has 2 rings (SSSR count). The van der Waals surface area contributed by atoms with Crippen molar-refractivity contribution in [3.8, 4) is 5.75 Å². The highest BCUT2D eigenvalue weighted by Gasteiger charge is 2.15. The Labute approximate surface area is 145 Å². The molecule has 1 saturated heterocycles. The van der Waals surface area contributed by atoms with E-state index in [-0.39, 0.29) is 30.7 Å². The minimum atomic E-state index is -0.988. The first kappa shape index (κ1) is 20.1. The van der Waals surface area contributed by atoms with Crippen LogP contribution in [0.2, 0.25) is 0 Å². The lowest BCUT2D eigenvalue weighted by atomic mass is 9.96. The summed E-state index contributed by atoms with van der Waals surface area (Å²) >= 11 is 0. The number of halogens is 2. The molecule has 134 valence electrons. The van der Waals surface area contributed by atoms with E-state index < -0.39 is 16.4 Å². The quantitative estimate of drug-likeness (QED) is 0.572. The van der Waals surface area contributed by atoms with Crippen molar-refractivity contribution in [3.63, 3.8) is 0 Å². The molecule has 1 atom stereocenters. The van der Waals surface area contributed by atoms with E-state index in [0.29, 0.717) is 12.5 Å². The summed E-state index contributed by atoms with van der Waals surface area (Å²) in [7, 11) is 0. The van der Waals surface area contributed by atoms with E-state index in [0.717, 1.165) is 38.1 Å². The molecule has 1 heterocycles. The van der Waals surface area contributed by atoms with Crippen LogP contribution in [-0.2, 0) is 4.79 Å². The molecule has 1 unspecified atom stereocenters. The SMILES string of the molecule is Cl.O=C(COc1ccc([N+](=O)[O-])c(F)c1)NCCC1CCCNC1. The molecule has 0 saturated carbocycles. The zero-order valence-corrected chi connectivity index (χ0v) is 13.9. The third-order valence-corrected chi connectivity index (χ3v) is 3.76. The maximum atomic E-state index is 13.4. The Kier molecular flexibility index (Phi) is 8.42. The largest absolute Gasteiger partial charge is 0.484 e. The van der Waals surface area contributed by atoms with Gasteiger partial charge in [0.25, 0.3) is 5.91 Å². The molecular formula is C15H21ClFN3O4. The van der Waals surface area contributed by atoms with Crippen LogP contribution < -0.4 is 15.4 Å². The van der Waals surface area contributed by atoms with Crippen molar-refractivity contribution in [2.45, 2.75) is 19.3 Å². The number of nitro groups is 1. The molecule has 1 aromatic carbocycles. The number of carbonyl (C=O) groups is 1. The van der Waals surface area contributed by atoms with Gasteiger partial charge in [-0.25, -0.2) is 0 Å². The topological polar surface area (TPSA) is 93.5 Å². The number of nitro benzene ring substituents is 1. The summed E-state index contributed by atoms with van der Waals surface area (Å²) in [4.78, 5) is 21.4. The lowest BCUT2D eigenvalue weighted by Crippen LogP contribution is -2.34. The van der Waals surface area contributed by atoms with Crippen LogP contribution in [0.5, 0.6) is 5.75 Å². The summed E-state index contributed by atoms with van der Waals surface area (Å²) in [5.41, 5.74) is -0.622. The van der Waals surface area contributed by atoms with Gasteiger partial charge in [0, 0.05) is 18.7 Å². The highest BCUT2D eigenvalue weighted by molar-refractivity contribution is 5.85. The van der Waals surface area contributed by atoms with E-state index in [2.05, 4.69) is 10.6 Å². The maximum Gasteiger partial charge on any atom is 0.305 e. The van der Waals surface area contributed by atoms with Gasteiger partial charge in [0.2, 0.25) is 5.82 Å². The Morgan fingerprint density at radius 1 is 1.50 bits per heavy atom. The van der Waals surface area contributed by atoms with Crippen LogP contribution in [0.4, 0.5) is 10.1 Å². The van der Waals surface area contributed by atoms with Crippen molar-refractivity contribution in [1.82, 2.24) is 10.6 Å². The van der Waals surface area contributed by atoms with Gasteiger partial charge < -0.3 is 15.4 Å². The van der Waals surface area contributed by atoms with Gasteiger partial charge in [-0.3, -0.25) is 14.9 Å². The van der Waals surface area contributed by atoms with Gasteiger partial charge in [0.15, 0.2) is 6.61 Å². The van der Waals surface area contributed by atoms with Gasteiger partial charge >= 0.3 is 5.69 Å². The fourth-order valence-corrected chi connectivity index (χ4v) is 2.51. The van der Waals surface area contributed by atoms with Gasteiger partial charge in [-0.2, -0.15) is 4.39 Å². The molecule has 1 fully saturated rings. The van der Waals surface area contributed by atoms with E-state index in [1.807, 2.05) is 0 Å². The number of rotatable bonds is 7. The van der Waals surface area contributed by atoms with Crippen molar-refractivity contribution >= 4 is 24.0 Å². The van der Waals surface area contributed by atoms with Gasteiger partial charge in [-0.1, -0.05) is 0 Å². The molecule has 0 aliphatic carbocycles. The van der Waals surface area contributed by atoms with E-state index in [4.69, 9.17) is 4.74 Å². The summed E-state index contributed by atoms with van der Waals surface area (Å²) < 4.78 is 18.5. The van der Waals surface area contributed by atoms with E-state index in [9.17, 15) is 19.3 Å². The average molecular weight is 362 g/mol. The van der Waals surface area contributed by atoms with E-state index in [1.54, 1.807) is 0 Å². The Bertz CT molecular complexity index is 568. The van der Waals surface area contributed by atoms with Crippen LogP contribution in [0.1, 0.15) is 19.3 Å². The summed E-state index contributed by atoms with van der Waals surface area (Å²) in [6.07, 6.45) is 3.24. The highest BCUT2D eigenvalue weighted by Crippen LogP contribution is 2.22. The van der Waals surface area contributed by atoms with Gasteiger partial charge in [0.05, 0.1) is 4.92 Å². The summed E-state index contributed by atoms with van der Waals surface area (Å²) in [5.74, 6) is -0.626. The molecule has 0 aromatic heterocycles. The average Bonchev–Trinajstić information content (AvgIpc) is 2.53. The number of benzene rings is 1. The number of hydrogen-bond donors (Lipinski definition) is 2. The van der Waals surface area contributed by atoms with Crippen LogP contribution >= 0.6 is 12.4 Å². The number of hydrogen-bond acceptors (Lipinski definition) is 5. The first-order valence-electron chi connectivity index (χ1n) is 7.60. The molecule has 0 spiro atoms. The standard InChI is InChI=1S/C15H20FN3O4.ClH/c16-13-8-12(3-4-14(13)19(21)22)23-10-15(20)18-7-5-11-2-1-6-17-9-11;/h3-4,8,11,17H,1-2,5-7,9-10H2,(H,18,20);1H. The Balaban J connectivity index is 0.00000288. The lowest BCUT2D eigenvalue weighted by molar-refractivity contribution is -0.387. The molecule has 1 amide bonds. The van der Waals surface area contributed by atoms with Crippen molar-refractivity contribution in [3.05, 3.63) is 34.1 Å². The second-order valence-electron chi connectivity index (χ2n) is 5.51. The first-order chi connectivity index (χ1) is 11.1. The molecule has 1 aliphatic heterocycles. The summed E-state index contributed by atoms with van der Waals surface area (Å²) in [6.45, 7) is 2.36. The minimum Gasteiger partial charge on any atom is -0.484 e. The van der Waals surface area contributed by atoms with Crippen LogP contribution in [-0.4, -0.2) is 37.1 Å². The molecule has 24 heavy (non-hydrogen) atoms. The zero-order valence-electron chi connectivity index (χ0n) is 13.1. The Morgan fingerprint density at radius 2 is 2.29 bits per heavy atom. The molecular weight excluding hydrogens is 341 g/mol. The van der Waals surface area contributed by atoms with E-state index >= 15 is 0 Å². The zero-order chi connectivity index (χ0) is 16.7. The van der Waals surface area contributed by atoms with Crippen LogP contribution in [0.3, 0.4) is 0 Å². The predicted molar refractivity (Wildman–Crippen MR) is 89.0 cm³/mol. The molecule has 1 aromatic rings. The second-order valence-corrected chi connectivity index (χ2v) is 5.51. The van der Waals surface area contributed by atoms with Gasteiger partial charge in [-0.05, 0) is 44.3 Å². The third kappa shape index (κ3) is 6.29. The Hall–Kier alpha value is -1.93. The fourth-order valence-electron chi connectivity index (χ4n) is 2.51. The predicted octanol–water partition coefficient (Wildman–Crippen LogP) is 2.04. The molecule has 9 heteroatoms. The molecule has 0 radical (unpaired) electrons. The lowest BCUT2D eigenvalue weighted by Gasteiger charge is -2.22. The monoisotopic (exact) mass is 361 g/mol. The van der Waals surface area contributed by atoms with Gasteiger partial charge in [0.1, 0.15) is 5.75 Å². The fraction of sp³-hybridized carbons (Fsp3) is 0.533. The molecule has 7 nitrogen and oxygen atoms in total. The molecule has 2 N–H and O–H groups in total.